The molecule has 1 atom stereocenters. The lowest BCUT2D eigenvalue weighted by atomic mass is 9.91. The molecule has 176 valence electrons. The van der Waals surface area contributed by atoms with Gasteiger partial charge in [-0.3, -0.25) is 9.69 Å². The summed E-state index contributed by atoms with van der Waals surface area (Å²) in [5.41, 5.74) is 5.26. The van der Waals surface area contributed by atoms with Crippen LogP contribution in [0.2, 0.25) is 0 Å². The summed E-state index contributed by atoms with van der Waals surface area (Å²) in [4.78, 5) is 17.9. The number of rotatable bonds is 5. The van der Waals surface area contributed by atoms with E-state index in [1.54, 1.807) is 26.4 Å². The lowest BCUT2D eigenvalue weighted by Crippen LogP contribution is -2.52. The molecule has 3 aromatic rings. The van der Waals surface area contributed by atoms with E-state index < -0.39 is 0 Å². The number of ether oxygens (including phenoxy) is 2. The number of halogens is 1. The number of benzene rings is 3. The van der Waals surface area contributed by atoms with Gasteiger partial charge in [0.2, 0.25) is 5.91 Å². The van der Waals surface area contributed by atoms with Crippen molar-refractivity contribution >= 4 is 5.91 Å². The van der Waals surface area contributed by atoms with Crippen molar-refractivity contribution in [1.29, 1.82) is 0 Å². The van der Waals surface area contributed by atoms with Crippen molar-refractivity contribution in [3.8, 4) is 11.5 Å². The Morgan fingerprint density at radius 2 is 1.59 bits per heavy atom. The molecule has 2 heterocycles. The van der Waals surface area contributed by atoms with E-state index in [1.807, 2.05) is 35.2 Å². The Kier molecular flexibility index (Phi) is 6.24. The van der Waals surface area contributed by atoms with E-state index in [0.29, 0.717) is 49.7 Å². The number of hydrogen-bond donors (Lipinski definition) is 0. The van der Waals surface area contributed by atoms with Crippen LogP contribution in [0.25, 0.3) is 0 Å². The van der Waals surface area contributed by atoms with Gasteiger partial charge in [-0.2, -0.15) is 0 Å². The van der Waals surface area contributed by atoms with Gasteiger partial charge in [-0.1, -0.05) is 42.5 Å². The molecule has 0 unspecified atom stereocenters. The third kappa shape index (κ3) is 4.26. The van der Waals surface area contributed by atoms with Crippen LogP contribution in [-0.4, -0.2) is 42.5 Å². The van der Waals surface area contributed by atoms with Crippen LogP contribution in [0.1, 0.15) is 27.8 Å². The van der Waals surface area contributed by atoms with Crippen molar-refractivity contribution in [3.63, 3.8) is 0 Å². The van der Waals surface area contributed by atoms with Gasteiger partial charge in [0.05, 0.1) is 20.3 Å². The predicted octanol–water partition coefficient (Wildman–Crippen LogP) is 4.35. The van der Waals surface area contributed by atoms with Crippen molar-refractivity contribution in [2.24, 2.45) is 0 Å². The summed E-state index contributed by atoms with van der Waals surface area (Å²) in [5.74, 6) is 1.23. The second-order valence-corrected chi connectivity index (χ2v) is 8.97. The molecule has 2 aliphatic rings. The highest BCUT2D eigenvalue weighted by molar-refractivity contribution is 5.83. The van der Waals surface area contributed by atoms with Gasteiger partial charge in [0.1, 0.15) is 5.82 Å². The molecule has 0 radical (unpaired) electrons. The zero-order valence-electron chi connectivity index (χ0n) is 19.6. The van der Waals surface area contributed by atoms with Gasteiger partial charge in [0.25, 0.3) is 0 Å². The van der Waals surface area contributed by atoms with E-state index in [-0.39, 0.29) is 17.8 Å². The van der Waals surface area contributed by atoms with Gasteiger partial charge in [-0.25, -0.2) is 4.39 Å². The Labute approximate surface area is 199 Å². The van der Waals surface area contributed by atoms with Crippen LogP contribution in [-0.2, 0) is 37.3 Å². The molecule has 0 spiro atoms. The van der Waals surface area contributed by atoms with Crippen molar-refractivity contribution < 1.29 is 18.7 Å². The average Bonchev–Trinajstić information content (AvgIpc) is 2.88. The largest absolute Gasteiger partial charge is 0.493 e. The number of carbonyl (C=O) groups excluding carboxylic acids is 1. The quantitative estimate of drug-likeness (QED) is 0.568. The summed E-state index contributed by atoms with van der Waals surface area (Å²) >= 11 is 0. The molecule has 0 saturated heterocycles. The Bertz CT molecular complexity index is 1210. The Morgan fingerprint density at radius 1 is 0.912 bits per heavy atom. The van der Waals surface area contributed by atoms with Gasteiger partial charge in [-0.05, 0) is 53.3 Å². The molecule has 0 saturated carbocycles. The van der Waals surface area contributed by atoms with E-state index in [9.17, 15) is 9.18 Å². The smallest absolute Gasteiger partial charge is 0.240 e. The number of fused-ring (bicyclic) bond motifs is 2. The average molecular weight is 461 g/mol. The van der Waals surface area contributed by atoms with Gasteiger partial charge >= 0.3 is 0 Å². The van der Waals surface area contributed by atoms with E-state index in [2.05, 4.69) is 17.0 Å². The summed E-state index contributed by atoms with van der Waals surface area (Å²) in [6, 6.07) is 18.7. The summed E-state index contributed by atoms with van der Waals surface area (Å²) in [6.45, 7) is 2.19. The van der Waals surface area contributed by atoms with Crippen LogP contribution < -0.4 is 9.47 Å². The fourth-order valence-corrected chi connectivity index (χ4v) is 5.11. The van der Waals surface area contributed by atoms with E-state index >= 15 is 0 Å². The van der Waals surface area contributed by atoms with Crippen molar-refractivity contribution in [2.45, 2.75) is 38.5 Å². The molecule has 34 heavy (non-hydrogen) atoms. The summed E-state index contributed by atoms with van der Waals surface area (Å²) in [7, 11) is 3.25. The van der Waals surface area contributed by atoms with Crippen molar-refractivity contribution in [3.05, 3.63) is 94.3 Å². The SMILES string of the molecule is COc1cc2c(cc1OC)CN(C(=O)[C@@H]1Cc3ccccc3CN1Cc1ccccc1F)CC2. The van der Waals surface area contributed by atoms with Crippen LogP contribution >= 0.6 is 0 Å². The van der Waals surface area contributed by atoms with Gasteiger partial charge in [0.15, 0.2) is 11.5 Å². The molecule has 0 aromatic heterocycles. The minimum absolute atomic E-state index is 0.0891. The monoisotopic (exact) mass is 460 g/mol. The first-order valence-electron chi connectivity index (χ1n) is 11.6. The number of amides is 1. The zero-order chi connectivity index (χ0) is 23.7. The highest BCUT2D eigenvalue weighted by atomic mass is 19.1. The second-order valence-electron chi connectivity index (χ2n) is 8.97. The van der Waals surface area contributed by atoms with Crippen LogP contribution in [0.15, 0.2) is 60.7 Å². The lowest BCUT2D eigenvalue weighted by Gasteiger charge is -2.40. The molecule has 0 aliphatic carbocycles. The molecule has 0 bridgehead atoms. The molecule has 0 fully saturated rings. The number of nitrogens with zero attached hydrogens (tertiary/aromatic N) is 2. The number of hydrogen-bond acceptors (Lipinski definition) is 4. The van der Waals surface area contributed by atoms with Crippen molar-refractivity contribution in [2.75, 3.05) is 20.8 Å². The van der Waals surface area contributed by atoms with E-state index in [0.717, 1.165) is 12.0 Å². The lowest BCUT2D eigenvalue weighted by molar-refractivity contribution is -0.139. The van der Waals surface area contributed by atoms with Gasteiger partial charge < -0.3 is 14.4 Å². The Balaban J connectivity index is 1.42. The molecular formula is C28H29FN2O3. The molecule has 0 N–H and O–H groups in total. The van der Waals surface area contributed by atoms with Crippen molar-refractivity contribution in [1.82, 2.24) is 9.80 Å². The summed E-state index contributed by atoms with van der Waals surface area (Å²) in [5, 5.41) is 0. The minimum Gasteiger partial charge on any atom is -0.493 e. The standard InChI is InChI=1S/C28H29FN2O3/c1-33-26-14-20-11-12-30(18-23(20)15-27(26)34-2)28(32)25-13-19-7-3-4-8-21(19)16-31(25)17-22-9-5-6-10-24(22)29/h3-10,14-15,25H,11-13,16-18H2,1-2H3/t25-/m0/s1. The molecule has 1 amide bonds. The van der Waals surface area contributed by atoms with E-state index in [4.69, 9.17) is 9.47 Å². The fraction of sp³-hybridized carbons (Fsp3) is 0.321. The maximum Gasteiger partial charge on any atom is 0.240 e. The second kappa shape index (κ2) is 9.47. The van der Waals surface area contributed by atoms with E-state index in [1.165, 1.54) is 22.8 Å². The maximum atomic E-state index is 14.5. The first-order chi connectivity index (χ1) is 16.6. The van der Waals surface area contributed by atoms with Crippen LogP contribution in [0.3, 0.4) is 0 Å². The maximum absolute atomic E-state index is 14.5. The Morgan fingerprint density at radius 3 is 2.32 bits per heavy atom. The van der Waals surface area contributed by atoms with Gasteiger partial charge in [-0.15, -0.1) is 0 Å². The van der Waals surface area contributed by atoms with Crippen LogP contribution in [0, 0.1) is 5.82 Å². The number of carbonyl (C=O) groups is 1. The molecule has 6 heteroatoms. The fourth-order valence-electron chi connectivity index (χ4n) is 5.11. The Hall–Kier alpha value is -3.38. The third-order valence-corrected chi connectivity index (χ3v) is 6.99. The third-order valence-electron chi connectivity index (χ3n) is 6.99. The predicted molar refractivity (Wildman–Crippen MR) is 128 cm³/mol. The molecular weight excluding hydrogens is 431 g/mol. The van der Waals surface area contributed by atoms with Gasteiger partial charge in [0, 0.05) is 31.7 Å². The molecule has 5 rings (SSSR count). The topological polar surface area (TPSA) is 42.0 Å². The van der Waals surface area contributed by atoms with Crippen LogP contribution in [0.4, 0.5) is 4.39 Å². The molecule has 3 aromatic carbocycles. The highest BCUT2D eigenvalue weighted by Gasteiger charge is 2.35. The first kappa shape index (κ1) is 22.4. The van der Waals surface area contributed by atoms with Crippen LogP contribution in [0.5, 0.6) is 11.5 Å². The molecule has 2 aliphatic heterocycles. The normalized spacial score (nSPS) is 17.6. The zero-order valence-corrected chi connectivity index (χ0v) is 19.6. The number of methoxy groups -OCH3 is 2. The highest BCUT2D eigenvalue weighted by Crippen LogP contribution is 2.34. The molecule has 5 nitrogen and oxygen atoms in total. The summed E-state index contributed by atoms with van der Waals surface area (Å²) in [6.07, 6.45) is 1.39. The summed E-state index contributed by atoms with van der Waals surface area (Å²) < 4.78 is 25.4. The first-order valence-corrected chi connectivity index (χ1v) is 11.6. The minimum atomic E-state index is -0.337.